The van der Waals surface area contributed by atoms with Gasteiger partial charge in [0.1, 0.15) is 6.61 Å². The van der Waals surface area contributed by atoms with E-state index in [0.717, 1.165) is 96.3 Å². The summed E-state index contributed by atoms with van der Waals surface area (Å²) >= 11 is 0. The molecule has 0 spiro atoms. The maximum absolute atomic E-state index is 12.7. The molecule has 0 aliphatic carbocycles. The van der Waals surface area contributed by atoms with Crippen LogP contribution in [0.25, 0.3) is 0 Å². The molecule has 0 fully saturated rings. The quantitative estimate of drug-likeness (QED) is 0.0264. The molecular weight excluding hydrogens is 906 g/mol. The average Bonchev–Trinajstić information content (AvgIpc) is 3.36. The molecule has 0 saturated heterocycles. The molecule has 0 heterocycles. The third kappa shape index (κ3) is 56.1. The van der Waals surface area contributed by atoms with Gasteiger partial charge in [0.15, 0.2) is 6.10 Å². The van der Waals surface area contributed by atoms with Crippen LogP contribution in [0.15, 0.2) is 97.2 Å². The summed E-state index contributed by atoms with van der Waals surface area (Å²) in [7, 11) is -4.40. The lowest BCUT2D eigenvalue weighted by molar-refractivity contribution is -0.161. The highest BCUT2D eigenvalue weighted by Crippen LogP contribution is 2.43. The highest BCUT2D eigenvalue weighted by Gasteiger charge is 2.26. The van der Waals surface area contributed by atoms with Gasteiger partial charge in [0.25, 0.3) is 0 Å². The number of carbonyl (C=O) groups excluding carboxylic acids is 2. The van der Waals surface area contributed by atoms with E-state index in [-0.39, 0.29) is 38.6 Å². The van der Waals surface area contributed by atoms with Crippen LogP contribution in [0.4, 0.5) is 0 Å². The van der Waals surface area contributed by atoms with E-state index in [4.69, 9.17) is 24.3 Å². The van der Waals surface area contributed by atoms with Gasteiger partial charge >= 0.3 is 19.8 Å². The van der Waals surface area contributed by atoms with Gasteiger partial charge in [0.05, 0.1) is 13.2 Å². The van der Waals surface area contributed by atoms with Gasteiger partial charge in [-0.2, -0.15) is 0 Å². The number of nitrogens with two attached hydrogens (primary N) is 1. The van der Waals surface area contributed by atoms with Crippen molar-refractivity contribution in [2.24, 2.45) is 5.73 Å². The van der Waals surface area contributed by atoms with Crippen molar-refractivity contribution in [3.8, 4) is 0 Å². The Morgan fingerprint density at radius 2 is 0.775 bits per heavy atom. The fraction of sp³-hybridized carbons (Fsp3) is 0.705. The number of phosphoric acid groups is 1. The van der Waals surface area contributed by atoms with Crippen LogP contribution in [0.3, 0.4) is 0 Å². The van der Waals surface area contributed by atoms with Gasteiger partial charge < -0.3 is 20.1 Å². The zero-order valence-electron chi connectivity index (χ0n) is 45.4. The molecule has 2 unspecified atom stereocenters. The molecule has 0 aromatic heterocycles. The second-order valence-electron chi connectivity index (χ2n) is 18.8. The first-order chi connectivity index (χ1) is 34.8. The molecule has 0 bridgehead atoms. The SMILES string of the molecule is CC/C=C\C/C=C\C/C=C\C/C=C\C/C=C\C/C=C\C/C=C\CCCCCCCC(=O)OC(COC(=O)CCCCCCCCCCCCC/C=C\CCCCCCCCCC)COP(=O)(O)OCCN. The number of rotatable bonds is 53. The summed E-state index contributed by atoms with van der Waals surface area (Å²) < 4.78 is 33.0. The molecule has 0 radical (unpaired) electrons. The Balaban J connectivity index is 4.07. The van der Waals surface area contributed by atoms with E-state index in [0.29, 0.717) is 6.42 Å². The molecule has 0 amide bonds. The lowest BCUT2D eigenvalue weighted by atomic mass is 10.0. The Morgan fingerprint density at radius 3 is 1.17 bits per heavy atom. The lowest BCUT2D eigenvalue weighted by Crippen LogP contribution is -2.29. The van der Waals surface area contributed by atoms with Crippen LogP contribution in [-0.2, 0) is 32.7 Å². The Kier molecular flexibility index (Phi) is 53.8. The third-order valence-corrected chi connectivity index (χ3v) is 12.9. The standard InChI is InChI=1S/C61H106NO8P/c1-3-5-7-9-11-13-15-17-19-21-23-25-27-28-29-30-32-34-36-38-40-42-44-46-48-50-52-54-61(64)70-59(58-69-71(65,66)68-56-55-62)57-67-60(63)53-51-49-47-45-43-41-39-37-35-33-31-26-24-22-20-18-16-14-12-10-8-6-4-2/h5,7,11,13,17,19,22-25,28-29,32,34,38,40,59H,3-4,6,8-10,12,14-16,18,20-21,26-27,30-31,33,35-37,39,41-58,62H2,1-2H3,(H,65,66)/b7-5-,13-11-,19-17-,24-22-,25-23-,29-28-,34-32-,40-38-. The molecule has 3 N–H and O–H groups in total. The van der Waals surface area contributed by atoms with Crippen molar-refractivity contribution < 1.29 is 37.6 Å². The number of hydrogen-bond donors (Lipinski definition) is 2. The van der Waals surface area contributed by atoms with Crippen molar-refractivity contribution in [2.45, 2.75) is 251 Å². The van der Waals surface area contributed by atoms with E-state index >= 15 is 0 Å². The first-order valence-corrected chi connectivity index (χ1v) is 30.2. The summed E-state index contributed by atoms with van der Waals surface area (Å²) in [5, 5.41) is 0. The van der Waals surface area contributed by atoms with Crippen molar-refractivity contribution in [1.82, 2.24) is 0 Å². The van der Waals surface area contributed by atoms with Crippen molar-refractivity contribution in [3.63, 3.8) is 0 Å². The van der Waals surface area contributed by atoms with Gasteiger partial charge in [-0.25, -0.2) is 4.57 Å². The summed E-state index contributed by atoms with van der Waals surface area (Å²) in [6.45, 7) is 3.61. The van der Waals surface area contributed by atoms with Crippen molar-refractivity contribution in [3.05, 3.63) is 97.2 Å². The molecule has 0 aromatic rings. The second-order valence-corrected chi connectivity index (χ2v) is 20.2. The van der Waals surface area contributed by atoms with Crippen LogP contribution < -0.4 is 5.73 Å². The molecule has 0 saturated carbocycles. The number of carbonyl (C=O) groups is 2. The minimum atomic E-state index is -4.40. The van der Waals surface area contributed by atoms with Gasteiger partial charge in [0.2, 0.25) is 0 Å². The first-order valence-electron chi connectivity index (χ1n) is 28.7. The largest absolute Gasteiger partial charge is 0.472 e. The third-order valence-electron chi connectivity index (χ3n) is 12.0. The normalized spacial score (nSPS) is 13.8. The van der Waals surface area contributed by atoms with Gasteiger partial charge in [-0.1, -0.05) is 233 Å². The van der Waals surface area contributed by atoms with Crippen molar-refractivity contribution in [1.29, 1.82) is 0 Å². The highest BCUT2D eigenvalue weighted by atomic mass is 31.2. The van der Waals surface area contributed by atoms with Crippen molar-refractivity contribution >= 4 is 19.8 Å². The molecule has 0 aromatic carbocycles. The van der Waals surface area contributed by atoms with Crippen LogP contribution in [-0.4, -0.2) is 49.3 Å². The van der Waals surface area contributed by atoms with Gasteiger partial charge in [-0.05, 0) is 96.3 Å². The van der Waals surface area contributed by atoms with Gasteiger partial charge in [-0.3, -0.25) is 18.6 Å². The topological polar surface area (TPSA) is 134 Å². The number of phosphoric ester groups is 1. The van der Waals surface area contributed by atoms with Gasteiger partial charge in [0, 0.05) is 19.4 Å². The fourth-order valence-corrected chi connectivity index (χ4v) is 8.49. The Morgan fingerprint density at radius 1 is 0.437 bits per heavy atom. The molecule has 71 heavy (non-hydrogen) atoms. The van der Waals surface area contributed by atoms with Crippen molar-refractivity contribution in [2.75, 3.05) is 26.4 Å². The average molecular weight is 1010 g/mol. The summed E-state index contributed by atoms with van der Waals surface area (Å²) in [6.07, 6.45) is 74.5. The van der Waals surface area contributed by atoms with E-state index < -0.39 is 26.5 Å². The van der Waals surface area contributed by atoms with E-state index in [1.165, 1.54) is 116 Å². The smallest absolute Gasteiger partial charge is 0.462 e. The van der Waals surface area contributed by atoms with Crippen LogP contribution >= 0.6 is 7.82 Å². The molecule has 9 nitrogen and oxygen atoms in total. The highest BCUT2D eigenvalue weighted by molar-refractivity contribution is 7.47. The van der Waals surface area contributed by atoms with E-state index in [2.05, 4.69) is 111 Å². The summed E-state index contributed by atoms with van der Waals surface area (Å²) in [5.74, 6) is -0.852. The Hall–Kier alpha value is -3.07. The van der Waals surface area contributed by atoms with Crippen LogP contribution in [0, 0.1) is 0 Å². The Bertz CT molecular complexity index is 1480. The number of hydrogen-bond acceptors (Lipinski definition) is 8. The molecule has 0 aliphatic rings. The molecule has 0 rings (SSSR count). The van der Waals surface area contributed by atoms with Gasteiger partial charge in [-0.15, -0.1) is 0 Å². The molecular formula is C61H106NO8P. The minimum absolute atomic E-state index is 0.0453. The molecule has 408 valence electrons. The van der Waals surface area contributed by atoms with E-state index in [9.17, 15) is 19.0 Å². The summed E-state index contributed by atoms with van der Waals surface area (Å²) in [5.41, 5.74) is 5.38. The van der Waals surface area contributed by atoms with E-state index in [1.807, 2.05) is 0 Å². The maximum atomic E-state index is 12.7. The Labute approximate surface area is 436 Å². The van der Waals surface area contributed by atoms with Crippen LogP contribution in [0.2, 0.25) is 0 Å². The second kappa shape index (κ2) is 56.2. The number of ether oxygens (including phenoxy) is 2. The lowest BCUT2D eigenvalue weighted by Gasteiger charge is -2.19. The number of unbranched alkanes of at least 4 members (excludes halogenated alkanes) is 24. The molecule has 0 aliphatic heterocycles. The minimum Gasteiger partial charge on any atom is -0.462 e. The summed E-state index contributed by atoms with van der Waals surface area (Å²) in [6, 6.07) is 0. The summed E-state index contributed by atoms with van der Waals surface area (Å²) in [4.78, 5) is 35.2. The maximum Gasteiger partial charge on any atom is 0.472 e. The number of esters is 2. The fourth-order valence-electron chi connectivity index (χ4n) is 7.73. The molecule has 2 atom stereocenters. The zero-order chi connectivity index (χ0) is 51.7. The molecule has 10 heteroatoms. The first kappa shape index (κ1) is 67.9. The zero-order valence-corrected chi connectivity index (χ0v) is 46.3. The predicted octanol–water partition coefficient (Wildman–Crippen LogP) is 18.1. The monoisotopic (exact) mass is 1010 g/mol. The van der Waals surface area contributed by atoms with Crippen LogP contribution in [0.5, 0.6) is 0 Å². The van der Waals surface area contributed by atoms with E-state index in [1.54, 1.807) is 0 Å². The number of allylic oxidation sites excluding steroid dienone is 16. The predicted molar refractivity (Wildman–Crippen MR) is 302 cm³/mol. The van der Waals surface area contributed by atoms with Crippen LogP contribution in [0.1, 0.15) is 245 Å².